The molecule has 0 heterocycles. The quantitative estimate of drug-likeness (QED) is 0.591. The lowest BCUT2D eigenvalue weighted by Gasteiger charge is -2.06. The molecule has 64 valence electrons. The summed E-state index contributed by atoms with van der Waals surface area (Å²) in [5.74, 6) is 0. The van der Waals surface area contributed by atoms with Gasteiger partial charge in [0.1, 0.15) is 0 Å². The fraction of sp³-hybridized carbons (Fsp3) is 0.600. The zero-order valence-electron chi connectivity index (χ0n) is 7.81. The van der Waals surface area contributed by atoms with E-state index in [1.165, 1.54) is 24.2 Å². The van der Waals surface area contributed by atoms with Gasteiger partial charge in [0, 0.05) is 0 Å². The SMILES string of the molecule is C=CS/C(C)=C(/CC)CCC. The first-order valence-corrected chi connectivity index (χ1v) is 5.10. The summed E-state index contributed by atoms with van der Waals surface area (Å²) >= 11 is 1.75. The van der Waals surface area contributed by atoms with Gasteiger partial charge in [-0.3, -0.25) is 0 Å². The van der Waals surface area contributed by atoms with Gasteiger partial charge in [-0.1, -0.05) is 32.4 Å². The van der Waals surface area contributed by atoms with Gasteiger partial charge < -0.3 is 0 Å². The van der Waals surface area contributed by atoms with Crippen molar-refractivity contribution in [3.05, 3.63) is 22.5 Å². The van der Waals surface area contributed by atoms with Crippen LogP contribution in [0.4, 0.5) is 0 Å². The molecule has 0 nitrogen and oxygen atoms in total. The van der Waals surface area contributed by atoms with Crippen molar-refractivity contribution in [2.45, 2.75) is 40.0 Å². The molecule has 0 saturated heterocycles. The van der Waals surface area contributed by atoms with Crippen molar-refractivity contribution < 1.29 is 0 Å². The molecule has 0 spiro atoms. The fourth-order valence-corrected chi connectivity index (χ4v) is 1.77. The molecular formula is C10H18S. The molecule has 0 aliphatic carbocycles. The minimum Gasteiger partial charge on any atom is -0.103 e. The summed E-state index contributed by atoms with van der Waals surface area (Å²) in [6.07, 6.45) is 3.67. The van der Waals surface area contributed by atoms with Crippen molar-refractivity contribution in [1.29, 1.82) is 0 Å². The van der Waals surface area contributed by atoms with Crippen LogP contribution in [0.2, 0.25) is 0 Å². The lowest BCUT2D eigenvalue weighted by Crippen LogP contribution is -1.83. The van der Waals surface area contributed by atoms with Gasteiger partial charge in [0.15, 0.2) is 0 Å². The summed E-state index contributed by atoms with van der Waals surface area (Å²) in [4.78, 5) is 1.43. The van der Waals surface area contributed by atoms with E-state index in [-0.39, 0.29) is 0 Å². The zero-order valence-corrected chi connectivity index (χ0v) is 8.63. The van der Waals surface area contributed by atoms with Crippen LogP contribution in [-0.2, 0) is 0 Å². The third-order valence-corrected chi connectivity index (χ3v) is 2.55. The Balaban J connectivity index is 4.13. The second kappa shape index (κ2) is 6.53. The molecule has 0 fully saturated rings. The minimum atomic E-state index is 1.18. The Hall–Kier alpha value is -0.170. The second-order valence-electron chi connectivity index (χ2n) is 2.55. The van der Waals surface area contributed by atoms with Gasteiger partial charge in [-0.25, -0.2) is 0 Å². The maximum atomic E-state index is 3.71. The van der Waals surface area contributed by atoms with Crippen molar-refractivity contribution >= 4 is 11.8 Å². The summed E-state index contributed by atoms with van der Waals surface area (Å²) in [6.45, 7) is 10.3. The van der Waals surface area contributed by atoms with E-state index in [0.29, 0.717) is 0 Å². The van der Waals surface area contributed by atoms with Gasteiger partial charge in [-0.15, -0.1) is 11.8 Å². The van der Waals surface area contributed by atoms with Gasteiger partial charge >= 0.3 is 0 Å². The van der Waals surface area contributed by atoms with Crippen LogP contribution in [0.5, 0.6) is 0 Å². The van der Waals surface area contributed by atoms with E-state index in [1.807, 2.05) is 5.41 Å². The van der Waals surface area contributed by atoms with Crippen LogP contribution >= 0.6 is 11.8 Å². The predicted molar refractivity (Wildman–Crippen MR) is 55.7 cm³/mol. The number of allylic oxidation sites excluding steroid dienone is 2. The molecular weight excluding hydrogens is 152 g/mol. The number of hydrogen-bond acceptors (Lipinski definition) is 1. The molecule has 0 saturated carbocycles. The van der Waals surface area contributed by atoms with E-state index in [2.05, 4.69) is 27.4 Å². The third-order valence-electron chi connectivity index (χ3n) is 1.74. The van der Waals surface area contributed by atoms with Gasteiger partial charge in [0.25, 0.3) is 0 Å². The normalized spacial score (nSPS) is 12.6. The van der Waals surface area contributed by atoms with Crippen molar-refractivity contribution in [3.8, 4) is 0 Å². The highest BCUT2D eigenvalue weighted by atomic mass is 32.2. The zero-order chi connectivity index (χ0) is 8.69. The van der Waals surface area contributed by atoms with Gasteiger partial charge in [0.05, 0.1) is 0 Å². The molecule has 11 heavy (non-hydrogen) atoms. The van der Waals surface area contributed by atoms with E-state index >= 15 is 0 Å². The number of thioether (sulfide) groups is 1. The van der Waals surface area contributed by atoms with E-state index in [0.717, 1.165) is 0 Å². The Morgan fingerprint density at radius 1 is 1.45 bits per heavy atom. The van der Waals surface area contributed by atoms with Crippen LogP contribution in [0.25, 0.3) is 0 Å². The standard InChI is InChI=1S/C10H18S/c1-5-8-10(6-2)9(4)11-7-3/h7H,3,5-6,8H2,1-2,4H3/b10-9-. The largest absolute Gasteiger partial charge is 0.103 e. The van der Waals surface area contributed by atoms with Crippen LogP contribution in [-0.4, -0.2) is 0 Å². The molecule has 0 bridgehead atoms. The Labute approximate surface area is 74.8 Å². The molecule has 0 aromatic rings. The second-order valence-corrected chi connectivity index (χ2v) is 3.73. The minimum absolute atomic E-state index is 1.18. The number of hydrogen-bond donors (Lipinski definition) is 0. The Bertz CT molecular complexity index is 145. The average Bonchev–Trinajstić information content (AvgIpc) is 2.00. The smallest absolute Gasteiger partial charge is 0.0148 e. The first-order chi connectivity index (χ1) is 5.26. The van der Waals surface area contributed by atoms with E-state index < -0.39 is 0 Å². The molecule has 0 aliphatic heterocycles. The van der Waals surface area contributed by atoms with E-state index in [4.69, 9.17) is 0 Å². The van der Waals surface area contributed by atoms with Crippen molar-refractivity contribution in [2.75, 3.05) is 0 Å². The molecule has 0 amide bonds. The third kappa shape index (κ3) is 4.31. The summed E-state index contributed by atoms with van der Waals surface area (Å²) in [6, 6.07) is 0. The molecule has 0 radical (unpaired) electrons. The van der Waals surface area contributed by atoms with Gasteiger partial charge in [-0.05, 0) is 30.1 Å². The molecule has 0 rings (SSSR count). The van der Waals surface area contributed by atoms with Crippen LogP contribution in [0.3, 0.4) is 0 Å². The molecule has 0 aromatic carbocycles. The Morgan fingerprint density at radius 2 is 2.09 bits per heavy atom. The van der Waals surface area contributed by atoms with Crippen LogP contribution in [0.1, 0.15) is 40.0 Å². The highest BCUT2D eigenvalue weighted by molar-refractivity contribution is 8.05. The number of rotatable bonds is 5. The van der Waals surface area contributed by atoms with Gasteiger partial charge in [0.2, 0.25) is 0 Å². The Morgan fingerprint density at radius 3 is 2.45 bits per heavy atom. The lowest BCUT2D eigenvalue weighted by molar-refractivity contribution is 0.853. The fourth-order valence-electron chi connectivity index (χ4n) is 1.11. The Kier molecular flexibility index (Phi) is 6.43. The van der Waals surface area contributed by atoms with Gasteiger partial charge in [-0.2, -0.15) is 0 Å². The summed E-state index contributed by atoms with van der Waals surface area (Å²) in [7, 11) is 0. The van der Waals surface area contributed by atoms with Crippen LogP contribution in [0.15, 0.2) is 22.5 Å². The highest BCUT2D eigenvalue weighted by Crippen LogP contribution is 2.24. The highest BCUT2D eigenvalue weighted by Gasteiger charge is 1.97. The average molecular weight is 170 g/mol. The summed E-state index contributed by atoms with van der Waals surface area (Å²) < 4.78 is 0. The van der Waals surface area contributed by atoms with Crippen LogP contribution in [0, 0.1) is 0 Å². The first kappa shape index (κ1) is 10.8. The summed E-state index contributed by atoms with van der Waals surface area (Å²) in [5.41, 5.74) is 1.58. The monoisotopic (exact) mass is 170 g/mol. The first-order valence-electron chi connectivity index (χ1n) is 4.22. The van der Waals surface area contributed by atoms with Crippen molar-refractivity contribution in [2.24, 2.45) is 0 Å². The molecule has 0 N–H and O–H groups in total. The maximum absolute atomic E-state index is 3.71. The van der Waals surface area contributed by atoms with E-state index in [1.54, 1.807) is 17.3 Å². The molecule has 0 aromatic heterocycles. The predicted octanol–water partition coefficient (Wildman–Crippen LogP) is 4.35. The molecule has 1 heteroatoms. The lowest BCUT2D eigenvalue weighted by atomic mass is 10.1. The van der Waals surface area contributed by atoms with E-state index in [9.17, 15) is 0 Å². The van der Waals surface area contributed by atoms with Crippen LogP contribution < -0.4 is 0 Å². The molecule has 0 aliphatic rings. The van der Waals surface area contributed by atoms with Crippen molar-refractivity contribution in [1.82, 2.24) is 0 Å². The molecule has 0 unspecified atom stereocenters. The topological polar surface area (TPSA) is 0 Å². The summed E-state index contributed by atoms with van der Waals surface area (Å²) in [5, 5.41) is 1.90. The maximum Gasteiger partial charge on any atom is -0.0148 e. The molecule has 0 atom stereocenters. The van der Waals surface area contributed by atoms with Crippen molar-refractivity contribution in [3.63, 3.8) is 0 Å².